The van der Waals surface area contributed by atoms with Gasteiger partial charge in [-0.05, 0) is 38.3 Å². The van der Waals surface area contributed by atoms with Crippen LogP contribution in [-0.2, 0) is 0 Å². The van der Waals surface area contributed by atoms with Crippen LogP contribution in [0.5, 0.6) is 0 Å². The normalized spacial score (nSPS) is 23.1. The molecule has 2 atom stereocenters. The molecule has 3 N–H and O–H groups in total. The molecule has 1 fully saturated rings. The maximum atomic E-state index is 9.77. The van der Waals surface area contributed by atoms with E-state index in [1.54, 1.807) is 6.20 Å². The standard InChI is InChI=1S/C12H19N3O/c1-9(16)11-4-2-3-7-15(11)12-6-5-10(13)8-14-12/h5-6,8-9,11,16H,2-4,7,13H2,1H3/t9-,11-/m0/s1. The molecule has 2 heterocycles. The Labute approximate surface area is 96.1 Å². The Morgan fingerprint density at radius 1 is 1.50 bits per heavy atom. The molecule has 0 saturated carbocycles. The van der Waals surface area contributed by atoms with E-state index in [-0.39, 0.29) is 12.1 Å². The van der Waals surface area contributed by atoms with E-state index in [4.69, 9.17) is 5.73 Å². The van der Waals surface area contributed by atoms with Crippen LogP contribution in [0.25, 0.3) is 0 Å². The summed E-state index contributed by atoms with van der Waals surface area (Å²) in [6, 6.07) is 3.97. The fraction of sp³-hybridized carbons (Fsp3) is 0.583. The summed E-state index contributed by atoms with van der Waals surface area (Å²) in [5.74, 6) is 0.916. The number of rotatable bonds is 2. The van der Waals surface area contributed by atoms with Gasteiger partial charge in [0, 0.05) is 6.54 Å². The molecule has 1 aromatic rings. The molecule has 0 spiro atoms. The predicted octanol–water partition coefficient (Wildman–Crippen LogP) is 1.40. The molecule has 0 unspecified atom stereocenters. The van der Waals surface area contributed by atoms with E-state index >= 15 is 0 Å². The molecule has 88 valence electrons. The Bertz CT molecular complexity index is 337. The van der Waals surface area contributed by atoms with Crippen LogP contribution in [0.15, 0.2) is 18.3 Å². The monoisotopic (exact) mass is 221 g/mol. The molecular weight excluding hydrogens is 202 g/mol. The minimum absolute atomic E-state index is 0.185. The minimum atomic E-state index is -0.320. The van der Waals surface area contributed by atoms with Gasteiger partial charge in [-0.25, -0.2) is 4.98 Å². The lowest BCUT2D eigenvalue weighted by Crippen LogP contribution is -2.46. The second-order valence-corrected chi connectivity index (χ2v) is 4.45. The number of anilines is 2. The quantitative estimate of drug-likeness (QED) is 0.792. The molecule has 1 saturated heterocycles. The first-order valence-corrected chi connectivity index (χ1v) is 5.85. The highest BCUT2D eigenvalue weighted by Crippen LogP contribution is 2.25. The summed E-state index contributed by atoms with van der Waals surface area (Å²) in [6.07, 6.45) is 4.72. The van der Waals surface area contributed by atoms with Crippen molar-refractivity contribution in [3.63, 3.8) is 0 Å². The Morgan fingerprint density at radius 2 is 2.31 bits per heavy atom. The van der Waals surface area contributed by atoms with Crippen molar-refractivity contribution in [3.8, 4) is 0 Å². The van der Waals surface area contributed by atoms with E-state index in [1.807, 2.05) is 19.1 Å². The molecular formula is C12H19N3O. The molecule has 1 aliphatic heterocycles. The zero-order valence-electron chi connectivity index (χ0n) is 9.63. The van der Waals surface area contributed by atoms with Crippen LogP contribution >= 0.6 is 0 Å². The fourth-order valence-corrected chi connectivity index (χ4v) is 2.31. The Kier molecular flexibility index (Phi) is 3.29. The Morgan fingerprint density at radius 3 is 2.94 bits per heavy atom. The van der Waals surface area contributed by atoms with Gasteiger partial charge in [0.05, 0.1) is 24.0 Å². The summed E-state index contributed by atoms with van der Waals surface area (Å²) in [4.78, 5) is 6.51. The number of pyridine rings is 1. The maximum Gasteiger partial charge on any atom is 0.128 e. The van der Waals surface area contributed by atoms with Crippen molar-refractivity contribution in [3.05, 3.63) is 18.3 Å². The second kappa shape index (κ2) is 4.70. The number of hydrogen-bond acceptors (Lipinski definition) is 4. The van der Waals surface area contributed by atoms with Crippen LogP contribution in [0.3, 0.4) is 0 Å². The topological polar surface area (TPSA) is 62.4 Å². The molecule has 2 rings (SSSR count). The second-order valence-electron chi connectivity index (χ2n) is 4.45. The van der Waals surface area contributed by atoms with Gasteiger partial charge in [-0.1, -0.05) is 0 Å². The number of aliphatic hydroxyl groups is 1. The number of hydrogen-bond donors (Lipinski definition) is 2. The molecule has 16 heavy (non-hydrogen) atoms. The van der Waals surface area contributed by atoms with Crippen LogP contribution in [-0.4, -0.2) is 28.8 Å². The van der Waals surface area contributed by atoms with Gasteiger partial charge in [-0.3, -0.25) is 0 Å². The highest BCUT2D eigenvalue weighted by molar-refractivity contribution is 5.47. The first kappa shape index (κ1) is 11.2. The van der Waals surface area contributed by atoms with Crippen molar-refractivity contribution in [2.24, 2.45) is 0 Å². The molecule has 4 nitrogen and oxygen atoms in total. The minimum Gasteiger partial charge on any atom is -0.397 e. The fourth-order valence-electron chi connectivity index (χ4n) is 2.31. The first-order chi connectivity index (χ1) is 7.68. The van der Waals surface area contributed by atoms with Gasteiger partial charge in [0.15, 0.2) is 0 Å². The van der Waals surface area contributed by atoms with Gasteiger partial charge in [0.2, 0.25) is 0 Å². The summed E-state index contributed by atoms with van der Waals surface area (Å²) in [7, 11) is 0. The van der Waals surface area contributed by atoms with Crippen LogP contribution in [0.4, 0.5) is 11.5 Å². The van der Waals surface area contributed by atoms with E-state index in [0.29, 0.717) is 5.69 Å². The van der Waals surface area contributed by atoms with E-state index in [1.165, 1.54) is 6.42 Å². The summed E-state index contributed by atoms with van der Waals surface area (Å²) in [5.41, 5.74) is 6.30. The van der Waals surface area contributed by atoms with Gasteiger partial charge < -0.3 is 15.7 Å². The number of nitrogens with zero attached hydrogens (tertiary/aromatic N) is 2. The third-order valence-corrected chi connectivity index (χ3v) is 3.17. The van der Waals surface area contributed by atoms with Gasteiger partial charge in [-0.2, -0.15) is 0 Å². The highest BCUT2D eigenvalue weighted by Gasteiger charge is 2.26. The third-order valence-electron chi connectivity index (χ3n) is 3.17. The maximum absolute atomic E-state index is 9.77. The van der Waals surface area contributed by atoms with Gasteiger partial charge in [-0.15, -0.1) is 0 Å². The lowest BCUT2D eigenvalue weighted by atomic mass is 9.98. The molecule has 0 amide bonds. The Hall–Kier alpha value is -1.29. The zero-order valence-corrected chi connectivity index (χ0v) is 9.63. The Balaban J connectivity index is 2.19. The number of piperidine rings is 1. The molecule has 0 aromatic carbocycles. The van der Waals surface area contributed by atoms with E-state index in [9.17, 15) is 5.11 Å². The van der Waals surface area contributed by atoms with Crippen LogP contribution < -0.4 is 10.6 Å². The lowest BCUT2D eigenvalue weighted by molar-refractivity contribution is 0.145. The zero-order chi connectivity index (χ0) is 11.5. The van der Waals surface area contributed by atoms with Crippen molar-refractivity contribution in [1.29, 1.82) is 0 Å². The third kappa shape index (κ3) is 2.27. The summed E-state index contributed by atoms with van der Waals surface area (Å²) in [6.45, 7) is 2.81. The van der Waals surface area contributed by atoms with Crippen LogP contribution in [0.2, 0.25) is 0 Å². The largest absolute Gasteiger partial charge is 0.397 e. The van der Waals surface area contributed by atoms with E-state index < -0.39 is 0 Å². The lowest BCUT2D eigenvalue weighted by Gasteiger charge is -2.38. The van der Waals surface area contributed by atoms with E-state index in [0.717, 1.165) is 25.2 Å². The van der Waals surface area contributed by atoms with Crippen molar-refractivity contribution in [1.82, 2.24) is 4.98 Å². The average molecular weight is 221 g/mol. The SMILES string of the molecule is C[C@H](O)[C@@H]1CCCCN1c1ccc(N)cn1. The van der Waals surface area contributed by atoms with Gasteiger partial charge in [0.25, 0.3) is 0 Å². The van der Waals surface area contributed by atoms with E-state index in [2.05, 4.69) is 9.88 Å². The predicted molar refractivity (Wildman–Crippen MR) is 65.3 cm³/mol. The summed E-state index contributed by atoms with van der Waals surface area (Å²) >= 11 is 0. The van der Waals surface area contributed by atoms with Crippen LogP contribution in [0, 0.1) is 0 Å². The van der Waals surface area contributed by atoms with Gasteiger partial charge in [0.1, 0.15) is 5.82 Å². The number of aromatic nitrogens is 1. The molecule has 0 bridgehead atoms. The molecule has 1 aromatic heterocycles. The molecule has 4 heteroatoms. The average Bonchev–Trinajstić information content (AvgIpc) is 2.30. The van der Waals surface area contributed by atoms with Crippen molar-refractivity contribution < 1.29 is 5.11 Å². The summed E-state index contributed by atoms with van der Waals surface area (Å²) in [5, 5.41) is 9.77. The number of nitrogens with two attached hydrogens (primary N) is 1. The first-order valence-electron chi connectivity index (χ1n) is 5.85. The molecule has 0 aliphatic carbocycles. The van der Waals surface area contributed by atoms with Crippen molar-refractivity contribution >= 4 is 11.5 Å². The smallest absolute Gasteiger partial charge is 0.128 e. The van der Waals surface area contributed by atoms with Crippen LogP contribution in [0.1, 0.15) is 26.2 Å². The molecule has 1 aliphatic rings. The highest BCUT2D eigenvalue weighted by atomic mass is 16.3. The van der Waals surface area contributed by atoms with Gasteiger partial charge >= 0.3 is 0 Å². The summed E-state index contributed by atoms with van der Waals surface area (Å²) < 4.78 is 0. The molecule has 0 radical (unpaired) electrons. The number of aliphatic hydroxyl groups excluding tert-OH is 1. The van der Waals surface area contributed by atoms with Crippen molar-refractivity contribution in [2.45, 2.75) is 38.3 Å². The van der Waals surface area contributed by atoms with Crippen molar-refractivity contribution in [2.75, 3.05) is 17.2 Å². The number of nitrogen functional groups attached to an aromatic ring is 1.